The first-order valence-corrected chi connectivity index (χ1v) is 7.96. The molecule has 0 aromatic carbocycles. The molecule has 1 saturated heterocycles. The molecule has 3 fully saturated rings. The topological polar surface area (TPSA) is 35.5 Å². The van der Waals surface area contributed by atoms with Crippen molar-refractivity contribution in [2.45, 2.75) is 69.5 Å². The average molecular weight is 252 g/mol. The normalized spacial score (nSPS) is 34.5. The Kier molecular flexibility index (Phi) is 4.22. The molecule has 2 unspecified atom stereocenters. The number of aliphatic hydroxyl groups excluding tert-OH is 1. The van der Waals surface area contributed by atoms with Crippen molar-refractivity contribution in [2.24, 2.45) is 5.92 Å². The zero-order chi connectivity index (χ0) is 12.4. The predicted molar refractivity (Wildman–Crippen MR) is 73.6 cm³/mol. The van der Waals surface area contributed by atoms with Crippen molar-refractivity contribution >= 4 is 0 Å². The number of hydrogen-bond donors (Lipinski definition) is 2. The summed E-state index contributed by atoms with van der Waals surface area (Å²) in [5.74, 6) is 0.808. The van der Waals surface area contributed by atoms with Crippen molar-refractivity contribution in [3.8, 4) is 0 Å². The van der Waals surface area contributed by atoms with E-state index in [1.807, 2.05) is 0 Å². The van der Waals surface area contributed by atoms with E-state index in [2.05, 4.69) is 10.2 Å². The summed E-state index contributed by atoms with van der Waals surface area (Å²) in [6.45, 7) is 2.92. The molecule has 2 atom stereocenters. The van der Waals surface area contributed by atoms with Crippen LogP contribution < -0.4 is 5.32 Å². The van der Waals surface area contributed by atoms with Crippen LogP contribution in [-0.4, -0.2) is 47.8 Å². The van der Waals surface area contributed by atoms with Crippen molar-refractivity contribution in [1.82, 2.24) is 10.2 Å². The van der Waals surface area contributed by atoms with Gasteiger partial charge in [-0.3, -0.25) is 4.90 Å². The molecule has 3 rings (SSSR count). The molecule has 1 heterocycles. The van der Waals surface area contributed by atoms with E-state index in [-0.39, 0.29) is 0 Å². The predicted octanol–water partition coefficient (Wildman–Crippen LogP) is 1.75. The average Bonchev–Trinajstić information content (AvgIpc) is 3.07. The van der Waals surface area contributed by atoms with Crippen LogP contribution in [0, 0.1) is 5.92 Å². The fraction of sp³-hybridized carbons (Fsp3) is 1.00. The third kappa shape index (κ3) is 3.25. The van der Waals surface area contributed by atoms with E-state index in [0.29, 0.717) is 6.61 Å². The van der Waals surface area contributed by atoms with Gasteiger partial charge < -0.3 is 10.4 Å². The van der Waals surface area contributed by atoms with Crippen molar-refractivity contribution in [1.29, 1.82) is 0 Å². The number of nitrogens with one attached hydrogen (secondary N) is 1. The maximum absolute atomic E-state index is 9.02. The molecule has 104 valence electrons. The van der Waals surface area contributed by atoms with Crippen molar-refractivity contribution in [3.63, 3.8) is 0 Å². The molecule has 0 amide bonds. The van der Waals surface area contributed by atoms with E-state index in [9.17, 15) is 0 Å². The summed E-state index contributed by atoms with van der Waals surface area (Å²) in [6.07, 6.45) is 10.6. The third-order valence-corrected chi connectivity index (χ3v) is 4.98. The second kappa shape index (κ2) is 5.89. The van der Waals surface area contributed by atoms with E-state index < -0.39 is 0 Å². The number of nitrogens with zero attached hydrogens (tertiary/aromatic N) is 1. The van der Waals surface area contributed by atoms with E-state index in [1.165, 1.54) is 58.0 Å². The summed E-state index contributed by atoms with van der Waals surface area (Å²) in [5.41, 5.74) is 0. The molecule has 0 bridgehead atoms. The van der Waals surface area contributed by atoms with E-state index in [1.54, 1.807) is 0 Å². The lowest BCUT2D eigenvalue weighted by Crippen LogP contribution is -2.54. The minimum atomic E-state index is 0.362. The number of piperidine rings is 1. The molecule has 3 aliphatic rings. The summed E-state index contributed by atoms with van der Waals surface area (Å²) in [5, 5.41) is 12.8. The van der Waals surface area contributed by atoms with Gasteiger partial charge in [-0.25, -0.2) is 0 Å². The quantitative estimate of drug-likeness (QED) is 0.756. The standard InChI is InChI=1S/C15H28N2O/c18-8-2-3-12-9-14(16-13-6-7-13)11-17(10-12)15-4-1-5-15/h12-16,18H,1-11H2. The minimum Gasteiger partial charge on any atom is -0.396 e. The van der Waals surface area contributed by atoms with Gasteiger partial charge in [-0.15, -0.1) is 0 Å². The zero-order valence-corrected chi connectivity index (χ0v) is 11.5. The summed E-state index contributed by atoms with van der Waals surface area (Å²) in [4.78, 5) is 2.75. The van der Waals surface area contributed by atoms with Crippen LogP contribution in [-0.2, 0) is 0 Å². The SMILES string of the molecule is OCCCC1CC(NC2CC2)CN(C2CCC2)C1. The second-order valence-electron chi connectivity index (χ2n) is 6.64. The smallest absolute Gasteiger partial charge is 0.0431 e. The number of hydrogen-bond acceptors (Lipinski definition) is 3. The molecule has 3 heteroatoms. The molecule has 2 aliphatic carbocycles. The largest absolute Gasteiger partial charge is 0.396 e. The summed E-state index contributed by atoms with van der Waals surface area (Å²) < 4.78 is 0. The number of aliphatic hydroxyl groups is 1. The van der Waals surface area contributed by atoms with Gasteiger partial charge >= 0.3 is 0 Å². The second-order valence-corrected chi connectivity index (χ2v) is 6.64. The molecule has 18 heavy (non-hydrogen) atoms. The molecule has 0 radical (unpaired) electrons. The molecule has 0 aromatic heterocycles. The van der Waals surface area contributed by atoms with Gasteiger partial charge in [0.05, 0.1) is 0 Å². The fourth-order valence-electron chi connectivity index (χ4n) is 3.58. The van der Waals surface area contributed by atoms with Gasteiger partial charge in [-0.2, -0.15) is 0 Å². The molecule has 0 spiro atoms. The van der Waals surface area contributed by atoms with Crippen LogP contribution in [0.1, 0.15) is 51.4 Å². The van der Waals surface area contributed by atoms with Gasteiger partial charge in [0.15, 0.2) is 0 Å². The number of rotatable bonds is 6. The first kappa shape index (κ1) is 12.9. The highest BCUT2D eigenvalue weighted by molar-refractivity contribution is 4.93. The lowest BCUT2D eigenvalue weighted by atomic mass is 9.85. The van der Waals surface area contributed by atoms with Gasteiger partial charge in [0.2, 0.25) is 0 Å². The monoisotopic (exact) mass is 252 g/mol. The van der Waals surface area contributed by atoms with Gasteiger partial charge in [0.25, 0.3) is 0 Å². The van der Waals surface area contributed by atoms with Crippen molar-refractivity contribution in [2.75, 3.05) is 19.7 Å². The highest BCUT2D eigenvalue weighted by atomic mass is 16.2. The summed E-state index contributed by atoms with van der Waals surface area (Å²) in [6, 6.07) is 2.43. The van der Waals surface area contributed by atoms with Crippen LogP contribution in [0.5, 0.6) is 0 Å². The van der Waals surface area contributed by atoms with Gasteiger partial charge in [0.1, 0.15) is 0 Å². The van der Waals surface area contributed by atoms with Gasteiger partial charge in [0, 0.05) is 37.8 Å². The highest BCUT2D eigenvalue weighted by Gasteiger charge is 2.35. The van der Waals surface area contributed by atoms with Crippen LogP contribution in [0.15, 0.2) is 0 Å². The lowest BCUT2D eigenvalue weighted by Gasteiger charge is -2.45. The fourth-order valence-corrected chi connectivity index (χ4v) is 3.58. The Balaban J connectivity index is 1.53. The van der Waals surface area contributed by atoms with Crippen LogP contribution in [0.25, 0.3) is 0 Å². The van der Waals surface area contributed by atoms with Crippen LogP contribution >= 0.6 is 0 Å². The molecule has 3 nitrogen and oxygen atoms in total. The molecule has 2 saturated carbocycles. The van der Waals surface area contributed by atoms with Crippen LogP contribution in [0.3, 0.4) is 0 Å². The van der Waals surface area contributed by atoms with Crippen LogP contribution in [0.4, 0.5) is 0 Å². The van der Waals surface area contributed by atoms with E-state index in [0.717, 1.165) is 30.5 Å². The van der Waals surface area contributed by atoms with Gasteiger partial charge in [-0.05, 0) is 50.9 Å². The Morgan fingerprint density at radius 1 is 1.06 bits per heavy atom. The molecule has 1 aliphatic heterocycles. The summed E-state index contributed by atoms with van der Waals surface area (Å²) >= 11 is 0. The molecule has 2 N–H and O–H groups in total. The highest BCUT2D eigenvalue weighted by Crippen LogP contribution is 2.31. The Morgan fingerprint density at radius 3 is 2.50 bits per heavy atom. The molecular weight excluding hydrogens is 224 g/mol. The maximum atomic E-state index is 9.02. The van der Waals surface area contributed by atoms with Crippen molar-refractivity contribution in [3.05, 3.63) is 0 Å². The Labute approximate surface area is 111 Å². The zero-order valence-electron chi connectivity index (χ0n) is 11.5. The molecule has 0 aromatic rings. The Morgan fingerprint density at radius 2 is 1.89 bits per heavy atom. The third-order valence-electron chi connectivity index (χ3n) is 4.98. The Bertz CT molecular complexity index is 263. The van der Waals surface area contributed by atoms with Crippen molar-refractivity contribution < 1.29 is 5.11 Å². The first-order chi connectivity index (χ1) is 8.85. The molecular formula is C15H28N2O. The van der Waals surface area contributed by atoms with Crippen LogP contribution in [0.2, 0.25) is 0 Å². The summed E-state index contributed by atoms with van der Waals surface area (Å²) in [7, 11) is 0. The Hall–Kier alpha value is -0.120. The lowest BCUT2D eigenvalue weighted by molar-refractivity contribution is 0.0537. The van der Waals surface area contributed by atoms with E-state index >= 15 is 0 Å². The van der Waals surface area contributed by atoms with Gasteiger partial charge in [-0.1, -0.05) is 6.42 Å². The minimum absolute atomic E-state index is 0.362. The number of likely N-dealkylation sites (tertiary alicyclic amines) is 1. The first-order valence-electron chi connectivity index (χ1n) is 7.96. The van der Waals surface area contributed by atoms with E-state index in [4.69, 9.17) is 5.11 Å². The maximum Gasteiger partial charge on any atom is 0.0431 e.